The van der Waals surface area contributed by atoms with Crippen molar-refractivity contribution in [3.8, 4) is 5.75 Å². The molecule has 4 nitrogen and oxygen atoms in total. The predicted molar refractivity (Wildman–Crippen MR) is 72.7 cm³/mol. The molecule has 0 aromatic heterocycles. The molecule has 0 heterocycles. The highest BCUT2D eigenvalue weighted by Gasteiger charge is 2.09. The Hall–Kier alpha value is -1.69. The normalized spacial score (nSPS) is 10.7. The van der Waals surface area contributed by atoms with Gasteiger partial charge in [0, 0.05) is 26.6 Å². The third-order valence-electron chi connectivity index (χ3n) is 2.76. The molecule has 0 unspecified atom stereocenters. The van der Waals surface area contributed by atoms with Crippen molar-refractivity contribution in [1.82, 2.24) is 10.2 Å². The maximum atomic E-state index is 12.0. The molecule has 0 saturated heterocycles. The topological polar surface area (TPSA) is 41.6 Å². The van der Waals surface area contributed by atoms with Crippen LogP contribution in [0.25, 0.3) is 0 Å². The van der Waals surface area contributed by atoms with Crippen LogP contribution in [0.15, 0.2) is 24.3 Å². The van der Waals surface area contributed by atoms with Gasteiger partial charge in [-0.1, -0.05) is 19.1 Å². The molecule has 0 radical (unpaired) electrons. The fraction of sp³-hybridized carbons (Fsp3) is 0.500. The standard InChI is InChI=1S/C14H20F2N2O2/c1-3-17-9-8-13(19)18(2)10-11-4-6-12(7-5-11)20-14(15)16/h4-7,14,17H,3,8-10H2,1-2H3. The predicted octanol–water partition coefficient (Wildman–Crippen LogP) is 2.25. The van der Waals surface area contributed by atoms with Crippen LogP contribution in [0, 0.1) is 0 Å². The van der Waals surface area contributed by atoms with Crippen LogP contribution in [-0.4, -0.2) is 37.6 Å². The molecule has 112 valence electrons. The summed E-state index contributed by atoms with van der Waals surface area (Å²) < 4.78 is 28.3. The average Bonchev–Trinajstić information content (AvgIpc) is 2.40. The molecule has 0 fully saturated rings. The van der Waals surface area contributed by atoms with E-state index in [1.807, 2.05) is 6.92 Å². The summed E-state index contributed by atoms with van der Waals surface area (Å²) in [6.07, 6.45) is 0.441. The Bertz CT molecular complexity index is 410. The summed E-state index contributed by atoms with van der Waals surface area (Å²) in [5.74, 6) is 0.156. The lowest BCUT2D eigenvalue weighted by Gasteiger charge is -2.17. The first kappa shape index (κ1) is 16.4. The van der Waals surface area contributed by atoms with E-state index in [2.05, 4.69) is 10.1 Å². The molecule has 1 rings (SSSR count). The van der Waals surface area contributed by atoms with Crippen LogP contribution in [0.5, 0.6) is 5.75 Å². The second-order valence-electron chi connectivity index (χ2n) is 4.38. The van der Waals surface area contributed by atoms with E-state index in [0.717, 1.165) is 12.1 Å². The molecule has 0 atom stereocenters. The summed E-state index contributed by atoms with van der Waals surface area (Å²) >= 11 is 0. The summed E-state index contributed by atoms with van der Waals surface area (Å²) in [5, 5.41) is 3.09. The van der Waals surface area contributed by atoms with E-state index in [-0.39, 0.29) is 11.7 Å². The molecule has 20 heavy (non-hydrogen) atoms. The Labute approximate surface area is 117 Å². The SMILES string of the molecule is CCNCCC(=O)N(C)Cc1ccc(OC(F)F)cc1. The van der Waals surface area contributed by atoms with Crippen molar-refractivity contribution in [2.45, 2.75) is 26.5 Å². The van der Waals surface area contributed by atoms with Gasteiger partial charge in [-0.05, 0) is 24.2 Å². The van der Waals surface area contributed by atoms with Crippen molar-refractivity contribution in [2.24, 2.45) is 0 Å². The largest absolute Gasteiger partial charge is 0.435 e. The minimum atomic E-state index is -2.82. The Morgan fingerprint density at radius 1 is 1.35 bits per heavy atom. The molecule has 0 aliphatic rings. The maximum Gasteiger partial charge on any atom is 0.387 e. The number of rotatable bonds is 8. The first-order chi connectivity index (χ1) is 9.52. The van der Waals surface area contributed by atoms with Gasteiger partial charge in [-0.25, -0.2) is 0 Å². The van der Waals surface area contributed by atoms with Crippen LogP contribution in [0.3, 0.4) is 0 Å². The number of nitrogens with zero attached hydrogens (tertiary/aromatic N) is 1. The molecule has 0 saturated carbocycles. The molecule has 0 spiro atoms. The third kappa shape index (κ3) is 5.97. The van der Waals surface area contributed by atoms with Crippen LogP contribution in [-0.2, 0) is 11.3 Å². The van der Waals surface area contributed by atoms with Crippen LogP contribution in [0.4, 0.5) is 8.78 Å². The molecule has 0 aliphatic carbocycles. The number of carbonyl (C=O) groups is 1. The van der Waals surface area contributed by atoms with Gasteiger partial charge in [-0.2, -0.15) is 8.78 Å². The van der Waals surface area contributed by atoms with Crippen molar-refractivity contribution >= 4 is 5.91 Å². The van der Waals surface area contributed by atoms with Gasteiger partial charge in [0.05, 0.1) is 0 Å². The lowest BCUT2D eigenvalue weighted by molar-refractivity contribution is -0.130. The number of halogens is 2. The Morgan fingerprint density at radius 2 is 2.00 bits per heavy atom. The second-order valence-corrected chi connectivity index (χ2v) is 4.38. The van der Waals surface area contributed by atoms with E-state index < -0.39 is 6.61 Å². The lowest BCUT2D eigenvalue weighted by atomic mass is 10.2. The quantitative estimate of drug-likeness (QED) is 0.745. The lowest BCUT2D eigenvalue weighted by Crippen LogP contribution is -2.29. The number of alkyl halides is 2. The number of hydrogen-bond donors (Lipinski definition) is 1. The van der Waals surface area contributed by atoms with Gasteiger partial charge >= 0.3 is 6.61 Å². The molecule has 6 heteroatoms. The van der Waals surface area contributed by atoms with Crippen LogP contribution >= 0.6 is 0 Å². The number of carbonyl (C=O) groups excluding carboxylic acids is 1. The first-order valence-corrected chi connectivity index (χ1v) is 6.51. The van der Waals surface area contributed by atoms with Gasteiger partial charge in [-0.3, -0.25) is 4.79 Å². The van der Waals surface area contributed by atoms with Gasteiger partial charge in [0.25, 0.3) is 0 Å². The van der Waals surface area contributed by atoms with E-state index in [9.17, 15) is 13.6 Å². The fourth-order valence-corrected chi connectivity index (χ4v) is 1.70. The van der Waals surface area contributed by atoms with E-state index >= 15 is 0 Å². The Kier molecular flexibility index (Phi) is 6.93. The Balaban J connectivity index is 2.45. The van der Waals surface area contributed by atoms with E-state index in [4.69, 9.17) is 0 Å². The van der Waals surface area contributed by atoms with Gasteiger partial charge < -0.3 is 15.0 Å². The van der Waals surface area contributed by atoms with E-state index in [1.54, 1.807) is 24.1 Å². The number of ether oxygens (including phenoxy) is 1. The number of benzene rings is 1. The summed E-state index contributed by atoms with van der Waals surface area (Å²) in [6, 6.07) is 6.29. The zero-order valence-corrected chi connectivity index (χ0v) is 11.7. The number of nitrogens with one attached hydrogen (secondary N) is 1. The van der Waals surface area contributed by atoms with Crippen molar-refractivity contribution in [1.29, 1.82) is 0 Å². The van der Waals surface area contributed by atoms with Gasteiger partial charge in [0.15, 0.2) is 0 Å². The minimum absolute atomic E-state index is 0.0406. The smallest absolute Gasteiger partial charge is 0.387 e. The second kappa shape index (κ2) is 8.47. The van der Waals surface area contributed by atoms with E-state index in [1.165, 1.54) is 12.1 Å². The van der Waals surface area contributed by atoms with Crippen molar-refractivity contribution in [2.75, 3.05) is 20.1 Å². The van der Waals surface area contributed by atoms with E-state index in [0.29, 0.717) is 19.5 Å². The summed E-state index contributed by atoms with van der Waals surface area (Å²) in [4.78, 5) is 13.4. The molecular formula is C14H20F2N2O2. The zero-order valence-electron chi connectivity index (χ0n) is 11.7. The molecule has 1 aromatic carbocycles. The zero-order chi connectivity index (χ0) is 15.0. The Morgan fingerprint density at radius 3 is 2.55 bits per heavy atom. The minimum Gasteiger partial charge on any atom is -0.435 e. The monoisotopic (exact) mass is 286 g/mol. The van der Waals surface area contributed by atoms with Gasteiger partial charge in [0.2, 0.25) is 5.91 Å². The van der Waals surface area contributed by atoms with Gasteiger partial charge in [0.1, 0.15) is 5.75 Å². The third-order valence-corrected chi connectivity index (χ3v) is 2.76. The summed E-state index contributed by atoms with van der Waals surface area (Å²) in [7, 11) is 1.72. The highest BCUT2D eigenvalue weighted by molar-refractivity contribution is 5.76. The average molecular weight is 286 g/mol. The number of amides is 1. The summed E-state index contributed by atoms with van der Waals surface area (Å²) in [6.45, 7) is 1.09. The fourth-order valence-electron chi connectivity index (χ4n) is 1.70. The molecule has 0 bridgehead atoms. The molecule has 1 amide bonds. The summed E-state index contributed by atoms with van der Waals surface area (Å²) in [5.41, 5.74) is 0.867. The van der Waals surface area contributed by atoms with Crippen LogP contribution in [0.2, 0.25) is 0 Å². The maximum absolute atomic E-state index is 12.0. The first-order valence-electron chi connectivity index (χ1n) is 6.51. The van der Waals surface area contributed by atoms with Gasteiger partial charge in [-0.15, -0.1) is 0 Å². The highest BCUT2D eigenvalue weighted by atomic mass is 19.3. The molecule has 1 aromatic rings. The van der Waals surface area contributed by atoms with Crippen molar-refractivity contribution in [3.05, 3.63) is 29.8 Å². The van der Waals surface area contributed by atoms with Crippen molar-refractivity contribution < 1.29 is 18.3 Å². The van der Waals surface area contributed by atoms with Crippen LogP contribution < -0.4 is 10.1 Å². The molecular weight excluding hydrogens is 266 g/mol. The van der Waals surface area contributed by atoms with Crippen LogP contribution in [0.1, 0.15) is 18.9 Å². The van der Waals surface area contributed by atoms with Crippen molar-refractivity contribution in [3.63, 3.8) is 0 Å². The molecule has 1 N–H and O–H groups in total. The number of hydrogen-bond acceptors (Lipinski definition) is 3. The molecule has 0 aliphatic heterocycles. The highest BCUT2D eigenvalue weighted by Crippen LogP contribution is 2.15.